The van der Waals surface area contributed by atoms with Crippen molar-refractivity contribution in [1.82, 2.24) is 0 Å². The molecule has 1 heterocycles. The number of carbonyl (C=O) groups excluding carboxylic acids is 1. The quantitative estimate of drug-likeness (QED) is 0.746. The topological polar surface area (TPSA) is 52.3 Å². The average Bonchev–Trinajstić information content (AvgIpc) is 2.62. The first-order valence-corrected chi connectivity index (χ1v) is 6.36. The van der Waals surface area contributed by atoms with E-state index in [1.807, 2.05) is 0 Å². The van der Waals surface area contributed by atoms with E-state index in [2.05, 4.69) is 20.7 Å². The summed E-state index contributed by atoms with van der Waals surface area (Å²) in [5.41, 5.74) is 2.97. The van der Waals surface area contributed by atoms with Gasteiger partial charge in [-0.1, -0.05) is 15.9 Å². The van der Waals surface area contributed by atoms with Crippen LogP contribution in [0.5, 0.6) is 0 Å². The molecule has 0 amide bonds. The lowest BCUT2D eigenvalue weighted by atomic mass is 9.98. The first kappa shape index (κ1) is 16.7. The molecule has 0 spiro atoms. The van der Waals surface area contributed by atoms with Crippen LogP contribution in [-0.4, -0.2) is 18.1 Å². The highest BCUT2D eigenvalue weighted by molar-refractivity contribution is 9.10. The van der Waals surface area contributed by atoms with E-state index < -0.39 is 46.8 Å². The molecule has 2 rings (SSSR count). The number of rotatable bonds is 1. The van der Waals surface area contributed by atoms with E-state index in [9.17, 15) is 31.1 Å². The van der Waals surface area contributed by atoms with Crippen LogP contribution < -0.4 is 5.73 Å². The largest absolute Gasteiger partial charge is 0.457 e. The summed E-state index contributed by atoms with van der Waals surface area (Å²) in [7, 11) is 0. The number of hydrogen-bond acceptors (Lipinski definition) is 3. The first-order valence-electron chi connectivity index (χ1n) is 5.56. The predicted molar refractivity (Wildman–Crippen MR) is 66.2 cm³/mol. The minimum atomic E-state index is -5.01. The fraction of sp³-hybridized carbons (Fsp3) is 0.250. The molecule has 0 aliphatic carbocycles. The van der Waals surface area contributed by atoms with E-state index in [1.54, 1.807) is 0 Å². The highest BCUT2D eigenvalue weighted by Crippen LogP contribution is 2.39. The lowest BCUT2D eigenvalue weighted by Gasteiger charge is -2.13. The fourth-order valence-electron chi connectivity index (χ4n) is 1.89. The maximum Gasteiger partial charge on any atom is 0.433 e. The molecule has 120 valence electrons. The van der Waals surface area contributed by atoms with Gasteiger partial charge >= 0.3 is 12.4 Å². The minimum Gasteiger partial charge on any atom is -0.457 e. The lowest BCUT2D eigenvalue weighted by Crippen LogP contribution is -2.35. The number of hydrogen-bond donors (Lipinski definition) is 1. The number of carbonyl (C=O) groups is 1. The van der Waals surface area contributed by atoms with Crippen molar-refractivity contribution < 1.29 is 35.9 Å². The van der Waals surface area contributed by atoms with Crippen LogP contribution >= 0.6 is 15.9 Å². The summed E-state index contributed by atoms with van der Waals surface area (Å²) in [6, 6.07) is 2.31. The summed E-state index contributed by atoms with van der Waals surface area (Å²) in [6.45, 7) is 0. The number of alkyl halides is 6. The monoisotopic (exact) mass is 389 g/mol. The Labute approximate surface area is 127 Å². The van der Waals surface area contributed by atoms with Crippen LogP contribution in [0.25, 0.3) is 5.57 Å². The molecule has 1 aliphatic heterocycles. The van der Waals surface area contributed by atoms with Crippen molar-refractivity contribution in [3.63, 3.8) is 0 Å². The summed E-state index contributed by atoms with van der Waals surface area (Å²) < 4.78 is 80.2. The molecule has 3 nitrogen and oxygen atoms in total. The molecular formula is C12H6BrF6NO2. The summed E-state index contributed by atoms with van der Waals surface area (Å²) in [6.07, 6.45) is -12.6. The van der Waals surface area contributed by atoms with Crippen molar-refractivity contribution in [1.29, 1.82) is 0 Å². The van der Waals surface area contributed by atoms with E-state index in [4.69, 9.17) is 5.73 Å². The second-order valence-corrected chi connectivity index (χ2v) is 5.29. The highest BCUT2D eigenvalue weighted by Gasteiger charge is 2.52. The van der Waals surface area contributed by atoms with Crippen LogP contribution in [0.3, 0.4) is 0 Å². The Hall–Kier alpha value is -1.71. The molecule has 1 aromatic carbocycles. The minimum absolute atomic E-state index is 0.0686. The second kappa shape index (κ2) is 5.18. The molecule has 0 saturated carbocycles. The molecule has 0 radical (unpaired) electrons. The zero-order chi connectivity index (χ0) is 16.9. The van der Waals surface area contributed by atoms with Gasteiger partial charge in [0.2, 0.25) is 5.78 Å². The molecule has 1 atom stereocenters. The van der Waals surface area contributed by atoms with Gasteiger partial charge in [0.05, 0.1) is 11.1 Å². The molecule has 1 aromatic rings. The fourth-order valence-corrected chi connectivity index (χ4v) is 2.38. The van der Waals surface area contributed by atoms with Crippen molar-refractivity contribution in [2.24, 2.45) is 5.73 Å². The average molecular weight is 390 g/mol. The Balaban J connectivity index is 2.51. The van der Waals surface area contributed by atoms with Gasteiger partial charge in [0.1, 0.15) is 0 Å². The Kier molecular flexibility index (Phi) is 3.92. The highest BCUT2D eigenvalue weighted by atomic mass is 79.9. The zero-order valence-electron chi connectivity index (χ0n) is 10.3. The third-order valence-electron chi connectivity index (χ3n) is 2.79. The molecule has 0 fully saturated rings. The predicted octanol–water partition coefficient (Wildman–Crippen LogP) is 3.63. The number of benzene rings is 1. The lowest BCUT2D eigenvalue weighted by molar-refractivity contribution is -0.201. The van der Waals surface area contributed by atoms with Crippen LogP contribution in [-0.2, 0) is 15.7 Å². The SMILES string of the molecule is NC1=C(c2cc(Br)cc(C(F)(F)F)c2)C(=O)C(C(F)(F)F)O1. The molecule has 22 heavy (non-hydrogen) atoms. The number of ether oxygens (including phenoxy) is 1. The van der Waals surface area contributed by atoms with Crippen molar-refractivity contribution in [2.75, 3.05) is 0 Å². The summed E-state index contributed by atoms with van der Waals surface area (Å²) in [5.74, 6) is -2.39. The molecule has 0 aromatic heterocycles. The van der Waals surface area contributed by atoms with E-state index in [-0.39, 0.29) is 4.47 Å². The third kappa shape index (κ3) is 3.06. The van der Waals surface area contributed by atoms with Crippen LogP contribution in [0.4, 0.5) is 26.3 Å². The Morgan fingerprint density at radius 2 is 1.68 bits per heavy atom. The van der Waals surface area contributed by atoms with Gasteiger partial charge in [-0.3, -0.25) is 4.79 Å². The zero-order valence-corrected chi connectivity index (χ0v) is 11.9. The van der Waals surface area contributed by atoms with E-state index in [1.165, 1.54) is 0 Å². The van der Waals surface area contributed by atoms with Gasteiger partial charge in [0, 0.05) is 4.47 Å². The molecule has 2 N–H and O–H groups in total. The van der Waals surface area contributed by atoms with Gasteiger partial charge in [-0.15, -0.1) is 0 Å². The standard InChI is InChI=1S/C12H6BrF6NO2/c13-6-2-4(1-5(3-6)11(14,15)16)7-8(21)9(12(17,18)19)22-10(7)20/h1-3,9H,20H2. The Morgan fingerprint density at radius 1 is 1.09 bits per heavy atom. The second-order valence-electron chi connectivity index (χ2n) is 4.37. The van der Waals surface area contributed by atoms with E-state index >= 15 is 0 Å². The first-order chi connectivity index (χ1) is 9.91. The Morgan fingerprint density at radius 3 is 2.14 bits per heavy atom. The maximum atomic E-state index is 12.7. The van der Waals surface area contributed by atoms with Crippen molar-refractivity contribution >= 4 is 27.3 Å². The van der Waals surface area contributed by atoms with Gasteiger partial charge < -0.3 is 10.5 Å². The van der Waals surface area contributed by atoms with Crippen LogP contribution in [0.2, 0.25) is 0 Å². The molecule has 1 aliphatic rings. The number of ketones is 1. The van der Waals surface area contributed by atoms with Crippen molar-refractivity contribution in [3.8, 4) is 0 Å². The number of Topliss-reactive ketones (excluding diaryl/α,β-unsaturated/α-hetero) is 1. The number of nitrogens with two attached hydrogens (primary N) is 1. The molecule has 1 unspecified atom stereocenters. The van der Waals surface area contributed by atoms with E-state index in [0.717, 1.165) is 12.1 Å². The third-order valence-corrected chi connectivity index (χ3v) is 3.24. The van der Waals surface area contributed by atoms with Crippen LogP contribution in [0, 0.1) is 0 Å². The summed E-state index contributed by atoms with van der Waals surface area (Å²) in [5, 5.41) is 0. The molecule has 0 bridgehead atoms. The van der Waals surface area contributed by atoms with Crippen molar-refractivity contribution in [2.45, 2.75) is 18.5 Å². The Bertz CT molecular complexity index is 665. The summed E-state index contributed by atoms with van der Waals surface area (Å²) in [4.78, 5) is 11.8. The van der Waals surface area contributed by atoms with Gasteiger partial charge in [0.25, 0.3) is 6.10 Å². The van der Waals surface area contributed by atoms with Crippen LogP contribution in [0.1, 0.15) is 11.1 Å². The smallest absolute Gasteiger partial charge is 0.433 e. The molecule has 10 heteroatoms. The van der Waals surface area contributed by atoms with Crippen molar-refractivity contribution in [3.05, 3.63) is 39.7 Å². The normalized spacial score (nSPS) is 19.6. The van der Waals surface area contributed by atoms with Crippen LogP contribution in [0.15, 0.2) is 28.6 Å². The summed E-state index contributed by atoms with van der Waals surface area (Å²) >= 11 is 2.81. The molecule has 0 saturated heterocycles. The van der Waals surface area contributed by atoms with Gasteiger partial charge in [0.15, 0.2) is 5.88 Å². The maximum absolute atomic E-state index is 12.7. The number of halogens is 7. The van der Waals surface area contributed by atoms with Gasteiger partial charge in [-0.2, -0.15) is 26.3 Å². The molecular weight excluding hydrogens is 384 g/mol. The van der Waals surface area contributed by atoms with E-state index in [0.29, 0.717) is 6.07 Å². The van der Waals surface area contributed by atoms with Gasteiger partial charge in [-0.05, 0) is 23.8 Å². The van der Waals surface area contributed by atoms with Gasteiger partial charge in [-0.25, -0.2) is 0 Å².